The summed E-state index contributed by atoms with van der Waals surface area (Å²) in [5.41, 5.74) is 1.08. The third-order valence-corrected chi connectivity index (χ3v) is 3.91. The highest BCUT2D eigenvalue weighted by Gasteiger charge is 2.31. The quantitative estimate of drug-likeness (QED) is 0.778. The van der Waals surface area contributed by atoms with Gasteiger partial charge in [-0.2, -0.15) is 0 Å². The predicted octanol–water partition coefficient (Wildman–Crippen LogP) is 0.877. The minimum Gasteiger partial charge on any atom is -0.456 e. The Hall–Kier alpha value is -0.910. The van der Waals surface area contributed by atoms with Crippen molar-refractivity contribution >= 4 is 17.3 Å². The van der Waals surface area contributed by atoms with Gasteiger partial charge in [-0.05, 0) is 23.4 Å². The van der Waals surface area contributed by atoms with Gasteiger partial charge < -0.3 is 14.8 Å². The average Bonchev–Trinajstić information content (AvgIpc) is 2.70. The van der Waals surface area contributed by atoms with E-state index in [4.69, 9.17) is 9.47 Å². The second-order valence-corrected chi connectivity index (χ2v) is 5.03. The highest BCUT2D eigenvalue weighted by molar-refractivity contribution is 7.10. The number of ether oxygens (including phenoxy) is 2. The maximum atomic E-state index is 11.9. The van der Waals surface area contributed by atoms with E-state index < -0.39 is 0 Å². The number of thiophene rings is 1. The van der Waals surface area contributed by atoms with Crippen LogP contribution >= 0.6 is 11.3 Å². The van der Waals surface area contributed by atoms with Crippen LogP contribution in [0.2, 0.25) is 0 Å². The van der Waals surface area contributed by atoms with E-state index in [0.29, 0.717) is 13.2 Å². The van der Waals surface area contributed by atoms with Crippen LogP contribution in [0.1, 0.15) is 16.5 Å². The molecule has 0 aromatic carbocycles. The average molecular weight is 239 g/mol. The van der Waals surface area contributed by atoms with Crippen molar-refractivity contribution in [2.75, 3.05) is 19.8 Å². The van der Waals surface area contributed by atoms with Gasteiger partial charge in [0, 0.05) is 11.4 Å². The van der Waals surface area contributed by atoms with Crippen molar-refractivity contribution in [2.24, 2.45) is 0 Å². The fraction of sp³-hybridized carbons (Fsp3) is 0.545. The molecule has 3 heterocycles. The molecule has 0 radical (unpaired) electrons. The first kappa shape index (κ1) is 10.3. The number of esters is 1. The summed E-state index contributed by atoms with van der Waals surface area (Å²) in [6.07, 6.45) is 0.960. The molecule has 16 heavy (non-hydrogen) atoms. The minimum absolute atomic E-state index is 0.0432. The molecular weight excluding hydrogens is 226 g/mol. The van der Waals surface area contributed by atoms with Gasteiger partial charge >= 0.3 is 5.97 Å². The van der Waals surface area contributed by atoms with Crippen molar-refractivity contribution in [3.8, 4) is 0 Å². The van der Waals surface area contributed by atoms with E-state index in [1.165, 1.54) is 4.88 Å². The van der Waals surface area contributed by atoms with E-state index >= 15 is 0 Å². The Balaban J connectivity index is 1.73. The number of hydrogen-bond donors (Lipinski definition) is 1. The zero-order valence-corrected chi connectivity index (χ0v) is 9.59. The van der Waals surface area contributed by atoms with Gasteiger partial charge in [0.05, 0.1) is 13.2 Å². The fourth-order valence-corrected chi connectivity index (χ4v) is 2.90. The topological polar surface area (TPSA) is 47.6 Å². The van der Waals surface area contributed by atoms with E-state index in [2.05, 4.69) is 5.32 Å². The largest absolute Gasteiger partial charge is 0.456 e. The summed E-state index contributed by atoms with van der Waals surface area (Å²) >= 11 is 1.71. The minimum atomic E-state index is -0.282. The molecule has 5 heteroatoms. The third-order valence-electron chi connectivity index (χ3n) is 2.92. The molecule has 0 aliphatic carbocycles. The number of fused-ring (bicyclic) bond motifs is 1. The Morgan fingerprint density at radius 2 is 2.44 bits per heavy atom. The summed E-state index contributed by atoms with van der Waals surface area (Å²) < 4.78 is 10.3. The molecule has 0 spiro atoms. The van der Waals surface area contributed by atoms with Crippen molar-refractivity contribution in [2.45, 2.75) is 18.6 Å². The molecule has 86 valence electrons. The van der Waals surface area contributed by atoms with Gasteiger partial charge in [0.15, 0.2) is 0 Å². The maximum Gasteiger partial charge on any atom is 0.328 e. The van der Waals surface area contributed by atoms with Gasteiger partial charge in [-0.15, -0.1) is 11.3 Å². The van der Waals surface area contributed by atoms with E-state index in [1.54, 1.807) is 11.3 Å². The smallest absolute Gasteiger partial charge is 0.328 e. The first-order valence-corrected chi connectivity index (χ1v) is 6.30. The summed E-state index contributed by atoms with van der Waals surface area (Å²) in [6, 6.07) is 1.73. The summed E-state index contributed by atoms with van der Waals surface area (Å²) in [4.78, 5) is 13.2. The van der Waals surface area contributed by atoms with E-state index in [0.717, 1.165) is 18.5 Å². The van der Waals surface area contributed by atoms with Crippen LogP contribution in [0.4, 0.5) is 0 Å². The normalized spacial score (nSPS) is 24.6. The molecular formula is C11H13NO3S. The summed E-state index contributed by atoms with van der Waals surface area (Å²) in [5.74, 6) is -0.173. The highest BCUT2D eigenvalue weighted by Crippen LogP contribution is 2.28. The summed E-state index contributed by atoms with van der Waals surface area (Å²) in [7, 11) is 0. The zero-order valence-electron chi connectivity index (χ0n) is 8.77. The number of hydrogen-bond acceptors (Lipinski definition) is 5. The first-order valence-electron chi connectivity index (χ1n) is 5.42. The Labute approximate surface area is 97.6 Å². The lowest BCUT2D eigenvalue weighted by atomic mass is 10.0. The van der Waals surface area contributed by atoms with Gasteiger partial charge in [-0.25, -0.2) is 4.79 Å². The van der Waals surface area contributed by atoms with Crippen LogP contribution in [0.3, 0.4) is 0 Å². The molecule has 1 fully saturated rings. The lowest BCUT2D eigenvalue weighted by molar-refractivity contribution is -0.174. The van der Waals surface area contributed by atoms with Crippen LogP contribution in [-0.2, 0) is 20.7 Å². The molecule has 3 rings (SSSR count). The van der Waals surface area contributed by atoms with Gasteiger partial charge in [0.1, 0.15) is 12.1 Å². The predicted molar refractivity (Wildman–Crippen MR) is 59.5 cm³/mol. The molecule has 1 N–H and O–H groups in total. The van der Waals surface area contributed by atoms with E-state index in [-0.39, 0.29) is 18.1 Å². The van der Waals surface area contributed by atoms with Crippen molar-refractivity contribution in [3.05, 3.63) is 21.9 Å². The molecule has 1 aromatic heterocycles. The molecule has 1 aromatic rings. The van der Waals surface area contributed by atoms with Crippen molar-refractivity contribution in [3.63, 3.8) is 0 Å². The third kappa shape index (κ3) is 1.75. The summed E-state index contributed by atoms with van der Waals surface area (Å²) in [5, 5.41) is 5.24. The molecule has 4 nitrogen and oxygen atoms in total. The van der Waals surface area contributed by atoms with Gasteiger partial charge in [-0.1, -0.05) is 0 Å². The molecule has 1 atom stereocenters. The van der Waals surface area contributed by atoms with Gasteiger partial charge in [-0.3, -0.25) is 0 Å². The second kappa shape index (κ2) is 4.16. The summed E-state index contributed by atoms with van der Waals surface area (Å²) in [6.45, 7) is 1.92. The number of rotatable bonds is 2. The molecule has 1 unspecified atom stereocenters. The molecule has 2 aliphatic rings. The first-order chi connectivity index (χ1) is 7.84. The van der Waals surface area contributed by atoms with Crippen LogP contribution < -0.4 is 5.32 Å². The molecule has 0 amide bonds. The molecule has 0 saturated carbocycles. The van der Waals surface area contributed by atoms with Crippen LogP contribution in [0.25, 0.3) is 0 Å². The highest BCUT2D eigenvalue weighted by atomic mass is 32.1. The van der Waals surface area contributed by atoms with Crippen LogP contribution in [0, 0.1) is 0 Å². The maximum absolute atomic E-state index is 11.9. The Morgan fingerprint density at radius 1 is 1.56 bits per heavy atom. The Bertz CT molecular complexity index is 400. The van der Waals surface area contributed by atoms with Crippen LogP contribution in [0.5, 0.6) is 0 Å². The van der Waals surface area contributed by atoms with E-state index in [1.807, 2.05) is 11.4 Å². The number of nitrogens with one attached hydrogen (secondary N) is 1. The van der Waals surface area contributed by atoms with Crippen molar-refractivity contribution in [1.29, 1.82) is 0 Å². The van der Waals surface area contributed by atoms with Crippen molar-refractivity contribution in [1.82, 2.24) is 5.32 Å². The Kier molecular flexibility index (Phi) is 2.67. The lowest BCUT2D eigenvalue weighted by Crippen LogP contribution is -2.42. The van der Waals surface area contributed by atoms with Crippen LogP contribution in [0.15, 0.2) is 11.4 Å². The molecule has 1 saturated heterocycles. The lowest BCUT2D eigenvalue weighted by Gasteiger charge is -2.29. The Morgan fingerprint density at radius 3 is 3.19 bits per heavy atom. The fourth-order valence-electron chi connectivity index (χ4n) is 1.98. The number of carbonyl (C=O) groups is 1. The van der Waals surface area contributed by atoms with Gasteiger partial charge in [0.2, 0.25) is 0 Å². The zero-order chi connectivity index (χ0) is 11.0. The van der Waals surface area contributed by atoms with E-state index in [9.17, 15) is 4.79 Å². The standard InChI is InChI=1S/C11H13NO3S/c13-11(15-7-5-14-6-7)10-8-2-4-16-9(8)1-3-12-10/h2,4,7,10,12H,1,3,5-6H2. The van der Waals surface area contributed by atoms with Crippen LogP contribution in [-0.4, -0.2) is 31.8 Å². The SMILES string of the molecule is O=C(OC1COC1)C1NCCc2sccc21. The second-order valence-electron chi connectivity index (χ2n) is 4.03. The number of carbonyl (C=O) groups excluding carboxylic acids is 1. The monoisotopic (exact) mass is 239 g/mol. The van der Waals surface area contributed by atoms with Gasteiger partial charge in [0.25, 0.3) is 0 Å². The van der Waals surface area contributed by atoms with Crippen molar-refractivity contribution < 1.29 is 14.3 Å². The molecule has 0 bridgehead atoms. The molecule has 2 aliphatic heterocycles.